The molecule has 0 bridgehead atoms. The summed E-state index contributed by atoms with van der Waals surface area (Å²) in [5.41, 5.74) is 1.25. The van der Waals surface area contributed by atoms with Gasteiger partial charge in [-0.2, -0.15) is 0 Å². The Morgan fingerprint density at radius 1 is 1.38 bits per heavy atom. The summed E-state index contributed by atoms with van der Waals surface area (Å²) in [5, 5.41) is 3.21. The van der Waals surface area contributed by atoms with Crippen LogP contribution in [0.15, 0.2) is 5.38 Å². The highest BCUT2D eigenvalue weighted by atomic mass is 32.1. The topological polar surface area (TPSA) is 43.8 Å². The minimum atomic E-state index is 0.191. The second-order valence-corrected chi connectivity index (χ2v) is 8.74. The number of aryl methyl sites for hydroxylation is 1. The Morgan fingerprint density at radius 2 is 2.25 bits per heavy atom. The van der Waals surface area contributed by atoms with Crippen molar-refractivity contribution >= 4 is 11.3 Å². The van der Waals surface area contributed by atoms with Crippen LogP contribution in [0, 0.1) is 24.2 Å². The lowest BCUT2D eigenvalue weighted by Crippen LogP contribution is -2.37. The van der Waals surface area contributed by atoms with Crippen molar-refractivity contribution in [3.63, 3.8) is 0 Å². The van der Waals surface area contributed by atoms with Gasteiger partial charge in [0.25, 0.3) is 0 Å². The number of hydrogen-bond donors (Lipinski definition) is 0. The first-order chi connectivity index (χ1) is 11.7. The predicted octanol–water partition coefficient (Wildman–Crippen LogP) is 2.34. The lowest BCUT2D eigenvalue weighted by Gasteiger charge is -2.29. The molecule has 6 heteroatoms. The molecule has 1 aromatic heterocycles. The SMILES string of the molecule is Cc1nc(COC[C@]23COC[C@H]2CN(CC2CCOCC2)C3)cs1. The van der Waals surface area contributed by atoms with Gasteiger partial charge in [0.15, 0.2) is 0 Å². The molecule has 3 fully saturated rings. The number of fused-ring (bicyclic) bond motifs is 1. The van der Waals surface area contributed by atoms with E-state index < -0.39 is 0 Å². The highest BCUT2D eigenvalue weighted by Gasteiger charge is 2.50. The largest absolute Gasteiger partial charge is 0.381 e. The molecule has 0 aliphatic carbocycles. The third-order valence-corrected chi connectivity index (χ3v) is 6.58. The van der Waals surface area contributed by atoms with Crippen molar-refractivity contribution in [1.29, 1.82) is 0 Å². The minimum Gasteiger partial charge on any atom is -0.381 e. The minimum absolute atomic E-state index is 0.191. The highest BCUT2D eigenvalue weighted by Crippen LogP contribution is 2.42. The Hall–Kier alpha value is -0.530. The molecule has 0 aromatic carbocycles. The lowest BCUT2D eigenvalue weighted by atomic mass is 9.82. The van der Waals surface area contributed by atoms with Crippen LogP contribution in [0.5, 0.6) is 0 Å². The summed E-state index contributed by atoms with van der Waals surface area (Å²) in [6.45, 7) is 10.6. The molecule has 4 heterocycles. The van der Waals surface area contributed by atoms with Crippen molar-refractivity contribution in [1.82, 2.24) is 9.88 Å². The Labute approximate surface area is 148 Å². The molecule has 0 unspecified atom stereocenters. The van der Waals surface area contributed by atoms with Gasteiger partial charge in [0.2, 0.25) is 0 Å². The second-order valence-electron chi connectivity index (χ2n) is 7.67. The number of likely N-dealkylation sites (tertiary alicyclic amines) is 1. The monoisotopic (exact) mass is 352 g/mol. The van der Waals surface area contributed by atoms with E-state index >= 15 is 0 Å². The van der Waals surface area contributed by atoms with E-state index in [2.05, 4.69) is 15.3 Å². The van der Waals surface area contributed by atoms with Crippen LogP contribution >= 0.6 is 11.3 Å². The van der Waals surface area contributed by atoms with Crippen molar-refractivity contribution in [3.05, 3.63) is 16.1 Å². The fraction of sp³-hybridized carbons (Fsp3) is 0.833. The van der Waals surface area contributed by atoms with Crippen LogP contribution in [0.2, 0.25) is 0 Å². The van der Waals surface area contributed by atoms with E-state index in [1.807, 2.05) is 6.92 Å². The zero-order valence-corrected chi connectivity index (χ0v) is 15.4. The number of thiazole rings is 1. The Kier molecular flexibility index (Phi) is 5.20. The molecule has 4 rings (SSSR count). The van der Waals surface area contributed by atoms with Gasteiger partial charge in [0.05, 0.1) is 37.1 Å². The van der Waals surface area contributed by atoms with Crippen LogP contribution in [0.4, 0.5) is 0 Å². The quantitative estimate of drug-likeness (QED) is 0.786. The van der Waals surface area contributed by atoms with Gasteiger partial charge in [0.1, 0.15) is 0 Å². The average molecular weight is 353 g/mol. The molecular weight excluding hydrogens is 324 g/mol. The Morgan fingerprint density at radius 3 is 3.04 bits per heavy atom. The number of nitrogens with zero attached hydrogens (tertiary/aromatic N) is 2. The summed E-state index contributed by atoms with van der Waals surface area (Å²) in [6, 6.07) is 0. The van der Waals surface area contributed by atoms with Crippen LogP contribution in [0.25, 0.3) is 0 Å². The first-order valence-corrected chi connectivity index (χ1v) is 9.98. The van der Waals surface area contributed by atoms with Crippen molar-refractivity contribution in [2.24, 2.45) is 17.3 Å². The van der Waals surface area contributed by atoms with E-state index in [9.17, 15) is 0 Å². The second kappa shape index (κ2) is 7.38. The zero-order valence-electron chi connectivity index (χ0n) is 14.5. The van der Waals surface area contributed by atoms with Crippen molar-refractivity contribution < 1.29 is 14.2 Å². The number of hydrogen-bond acceptors (Lipinski definition) is 6. The Bertz CT molecular complexity index is 546. The summed E-state index contributed by atoms with van der Waals surface area (Å²) in [5.74, 6) is 1.42. The van der Waals surface area contributed by atoms with Crippen LogP contribution in [0.3, 0.4) is 0 Å². The normalized spacial score (nSPS) is 31.6. The number of aromatic nitrogens is 1. The fourth-order valence-corrected chi connectivity index (χ4v) is 5.01. The molecule has 0 radical (unpaired) electrons. The zero-order chi connectivity index (χ0) is 16.4. The molecule has 3 aliphatic rings. The van der Waals surface area contributed by atoms with Crippen LogP contribution < -0.4 is 0 Å². The van der Waals surface area contributed by atoms with Gasteiger partial charge in [0, 0.05) is 49.6 Å². The van der Waals surface area contributed by atoms with Gasteiger partial charge in [-0.05, 0) is 25.7 Å². The van der Waals surface area contributed by atoms with Gasteiger partial charge in [-0.1, -0.05) is 0 Å². The molecular formula is C18H28N2O3S. The molecule has 5 nitrogen and oxygen atoms in total. The van der Waals surface area contributed by atoms with Crippen LogP contribution in [0.1, 0.15) is 23.5 Å². The molecule has 2 atom stereocenters. The van der Waals surface area contributed by atoms with E-state index in [4.69, 9.17) is 14.2 Å². The molecule has 0 saturated carbocycles. The number of ether oxygens (including phenoxy) is 3. The standard InChI is InChI=1S/C18H28N2O3S/c1-14-19-17(10-24-14)9-23-13-18-11-20(7-16(18)8-22-12-18)6-15-2-4-21-5-3-15/h10,15-16H,2-9,11-13H2,1H3/t16-,18+/m1/s1. The van der Waals surface area contributed by atoms with Crippen molar-refractivity contribution in [3.8, 4) is 0 Å². The van der Waals surface area contributed by atoms with Gasteiger partial charge in [-0.25, -0.2) is 4.98 Å². The average Bonchev–Trinajstić information content (AvgIpc) is 3.23. The van der Waals surface area contributed by atoms with Gasteiger partial charge >= 0.3 is 0 Å². The van der Waals surface area contributed by atoms with E-state index in [1.54, 1.807) is 11.3 Å². The number of rotatable bonds is 6. The van der Waals surface area contributed by atoms with E-state index in [1.165, 1.54) is 19.4 Å². The van der Waals surface area contributed by atoms with Crippen LogP contribution in [-0.4, -0.2) is 62.6 Å². The van der Waals surface area contributed by atoms with E-state index in [0.29, 0.717) is 12.5 Å². The first-order valence-electron chi connectivity index (χ1n) is 9.10. The maximum atomic E-state index is 6.08. The summed E-state index contributed by atoms with van der Waals surface area (Å²) in [7, 11) is 0. The van der Waals surface area contributed by atoms with Gasteiger partial charge in [-0.3, -0.25) is 0 Å². The maximum Gasteiger partial charge on any atom is 0.0898 e. The van der Waals surface area contributed by atoms with Gasteiger partial charge < -0.3 is 19.1 Å². The third kappa shape index (κ3) is 3.68. The third-order valence-electron chi connectivity index (χ3n) is 5.75. The highest BCUT2D eigenvalue weighted by molar-refractivity contribution is 7.09. The van der Waals surface area contributed by atoms with E-state index in [-0.39, 0.29) is 5.41 Å². The summed E-state index contributed by atoms with van der Waals surface area (Å²) >= 11 is 1.69. The summed E-state index contributed by atoms with van der Waals surface area (Å²) in [4.78, 5) is 7.14. The van der Waals surface area contributed by atoms with Crippen molar-refractivity contribution in [2.75, 3.05) is 52.7 Å². The van der Waals surface area contributed by atoms with Crippen LogP contribution in [-0.2, 0) is 20.8 Å². The molecule has 24 heavy (non-hydrogen) atoms. The van der Waals surface area contributed by atoms with Gasteiger partial charge in [-0.15, -0.1) is 11.3 Å². The maximum absolute atomic E-state index is 6.08. The molecule has 3 saturated heterocycles. The summed E-state index contributed by atoms with van der Waals surface area (Å²) in [6.07, 6.45) is 2.43. The lowest BCUT2D eigenvalue weighted by molar-refractivity contribution is 0.0135. The Balaban J connectivity index is 1.30. The first kappa shape index (κ1) is 16.9. The smallest absolute Gasteiger partial charge is 0.0898 e. The molecule has 0 amide bonds. The van der Waals surface area contributed by atoms with Crippen molar-refractivity contribution in [2.45, 2.75) is 26.4 Å². The molecule has 0 N–H and O–H groups in total. The molecule has 0 spiro atoms. The molecule has 1 aromatic rings. The molecule has 3 aliphatic heterocycles. The fourth-order valence-electron chi connectivity index (χ4n) is 4.41. The van der Waals surface area contributed by atoms with E-state index in [0.717, 1.165) is 62.7 Å². The predicted molar refractivity (Wildman–Crippen MR) is 93.2 cm³/mol. The summed E-state index contributed by atoms with van der Waals surface area (Å²) < 4.78 is 17.4. The molecule has 134 valence electrons.